The lowest BCUT2D eigenvalue weighted by molar-refractivity contribution is 0.623. The zero-order chi connectivity index (χ0) is 35.6. The van der Waals surface area contributed by atoms with E-state index in [4.69, 9.17) is 28.8 Å². The van der Waals surface area contributed by atoms with Crippen molar-refractivity contribution in [1.29, 1.82) is 0 Å². The third-order valence-corrected chi connectivity index (χ3v) is 10.1. The minimum absolute atomic E-state index is 0.546. The fraction of sp³-hybridized carbons (Fsp3) is 0. The van der Waals surface area contributed by atoms with Crippen LogP contribution in [0.3, 0.4) is 0 Å². The summed E-state index contributed by atoms with van der Waals surface area (Å²) in [5.41, 5.74) is 9.12. The number of para-hydroxylation sites is 1. The molecule has 0 fully saturated rings. The molecule has 0 atom stereocenters. The van der Waals surface area contributed by atoms with E-state index in [-0.39, 0.29) is 0 Å². The van der Waals surface area contributed by atoms with Gasteiger partial charge >= 0.3 is 0 Å². The van der Waals surface area contributed by atoms with Crippen molar-refractivity contribution >= 4 is 54.6 Å². The summed E-state index contributed by atoms with van der Waals surface area (Å²) in [4.78, 5) is 20.0. The lowest BCUT2D eigenvalue weighted by atomic mass is 9.94. The van der Waals surface area contributed by atoms with Crippen LogP contribution >= 0.6 is 0 Å². The zero-order valence-corrected chi connectivity index (χ0v) is 28.8. The molecule has 0 radical (unpaired) electrons. The predicted molar refractivity (Wildman–Crippen MR) is 217 cm³/mol. The molecule has 3 aromatic heterocycles. The maximum absolute atomic E-state index is 6.40. The summed E-state index contributed by atoms with van der Waals surface area (Å²) >= 11 is 0. The molecule has 11 rings (SSSR count). The van der Waals surface area contributed by atoms with Gasteiger partial charge in [0.15, 0.2) is 23.1 Å². The fourth-order valence-electron chi connectivity index (χ4n) is 7.58. The number of benzene rings is 8. The molecule has 11 aromatic rings. The van der Waals surface area contributed by atoms with E-state index in [9.17, 15) is 0 Å². The Labute approximate surface area is 309 Å². The second-order valence-electron chi connectivity index (χ2n) is 13.4. The van der Waals surface area contributed by atoms with Crippen LogP contribution in [-0.4, -0.2) is 19.9 Å². The Bertz CT molecular complexity index is 3240. The molecule has 0 aliphatic rings. The molecule has 8 aromatic carbocycles. The van der Waals surface area contributed by atoms with E-state index in [1.807, 2.05) is 91.0 Å². The van der Waals surface area contributed by atoms with E-state index < -0.39 is 0 Å². The monoisotopic (exact) mass is 692 g/mol. The van der Waals surface area contributed by atoms with E-state index in [1.165, 1.54) is 0 Å². The van der Waals surface area contributed by atoms with Crippen LogP contribution in [-0.2, 0) is 0 Å². The number of oxazole rings is 1. The Balaban J connectivity index is 1.04. The normalized spacial score (nSPS) is 11.7. The van der Waals surface area contributed by atoms with Crippen LogP contribution in [0.15, 0.2) is 179 Å². The molecule has 0 aliphatic heterocycles. The summed E-state index contributed by atoms with van der Waals surface area (Å²) in [7, 11) is 0. The Morgan fingerprint density at radius 3 is 1.89 bits per heavy atom. The summed E-state index contributed by atoms with van der Waals surface area (Å²) in [5, 5.41) is 6.60. The van der Waals surface area contributed by atoms with Crippen LogP contribution in [0.2, 0.25) is 0 Å². The van der Waals surface area contributed by atoms with Gasteiger partial charge in [0.05, 0.1) is 0 Å². The van der Waals surface area contributed by atoms with Crippen LogP contribution in [0.4, 0.5) is 0 Å². The molecule has 0 N–H and O–H groups in total. The first kappa shape index (κ1) is 30.2. The summed E-state index contributed by atoms with van der Waals surface area (Å²) in [5.74, 6) is 2.30. The van der Waals surface area contributed by atoms with Crippen molar-refractivity contribution in [2.45, 2.75) is 0 Å². The largest absolute Gasteiger partial charge is 0.456 e. The van der Waals surface area contributed by atoms with E-state index in [0.29, 0.717) is 23.4 Å². The molecular formula is C48H28N4O2. The van der Waals surface area contributed by atoms with Crippen LogP contribution in [0.1, 0.15) is 0 Å². The number of furan rings is 1. The van der Waals surface area contributed by atoms with E-state index in [0.717, 1.165) is 88.0 Å². The Morgan fingerprint density at radius 1 is 0.352 bits per heavy atom. The average Bonchev–Trinajstić information content (AvgIpc) is 3.86. The number of hydrogen-bond donors (Lipinski definition) is 0. The summed E-state index contributed by atoms with van der Waals surface area (Å²) in [6.45, 7) is 0. The molecule has 0 unspecified atom stereocenters. The molecular weight excluding hydrogens is 665 g/mol. The maximum atomic E-state index is 6.40. The van der Waals surface area contributed by atoms with Crippen LogP contribution < -0.4 is 0 Å². The van der Waals surface area contributed by atoms with Crippen molar-refractivity contribution < 1.29 is 8.83 Å². The number of aromatic nitrogens is 4. The molecule has 0 saturated heterocycles. The first-order chi connectivity index (χ1) is 26.7. The van der Waals surface area contributed by atoms with Gasteiger partial charge < -0.3 is 8.83 Å². The number of fused-ring (bicyclic) bond motifs is 7. The number of hydrogen-bond acceptors (Lipinski definition) is 6. The molecule has 0 spiro atoms. The van der Waals surface area contributed by atoms with Gasteiger partial charge in [0.1, 0.15) is 16.7 Å². The number of nitrogens with zero attached hydrogens (tertiary/aromatic N) is 4. The molecule has 6 heteroatoms. The van der Waals surface area contributed by atoms with Gasteiger partial charge in [0.25, 0.3) is 0 Å². The zero-order valence-electron chi connectivity index (χ0n) is 28.8. The van der Waals surface area contributed by atoms with Crippen LogP contribution in [0.5, 0.6) is 0 Å². The highest BCUT2D eigenvalue weighted by Gasteiger charge is 2.18. The first-order valence-corrected chi connectivity index (χ1v) is 17.9. The van der Waals surface area contributed by atoms with Crippen molar-refractivity contribution in [3.8, 4) is 56.7 Å². The third kappa shape index (κ3) is 4.96. The summed E-state index contributed by atoms with van der Waals surface area (Å²) in [6, 6.07) is 57.7. The second kappa shape index (κ2) is 12.1. The van der Waals surface area contributed by atoms with E-state index in [1.54, 1.807) is 0 Å². The van der Waals surface area contributed by atoms with Crippen molar-refractivity contribution in [2.24, 2.45) is 0 Å². The molecule has 0 bridgehead atoms. The van der Waals surface area contributed by atoms with Gasteiger partial charge in [-0.2, -0.15) is 0 Å². The quantitative estimate of drug-likeness (QED) is 0.179. The van der Waals surface area contributed by atoms with Crippen molar-refractivity contribution in [3.63, 3.8) is 0 Å². The smallest absolute Gasteiger partial charge is 0.227 e. The molecule has 0 aliphatic carbocycles. The summed E-state index contributed by atoms with van der Waals surface area (Å²) < 4.78 is 12.6. The van der Waals surface area contributed by atoms with Gasteiger partial charge in [-0.15, -0.1) is 0 Å². The third-order valence-electron chi connectivity index (χ3n) is 10.1. The van der Waals surface area contributed by atoms with E-state index in [2.05, 4.69) is 78.9 Å². The van der Waals surface area contributed by atoms with Gasteiger partial charge in [0, 0.05) is 38.4 Å². The van der Waals surface area contributed by atoms with Gasteiger partial charge in [-0.25, -0.2) is 19.9 Å². The second-order valence-corrected chi connectivity index (χ2v) is 13.4. The van der Waals surface area contributed by atoms with Crippen molar-refractivity contribution in [3.05, 3.63) is 170 Å². The molecule has 0 amide bonds. The standard InChI is InChI=1S/C48H28N4O2/c1-2-12-30(13-3-1)45-50-46(32-15-8-16-34(28-32)48-49-40-26-24-29-11-4-5-17-36(29)44(40)54-48)52-47(51-45)33-23-25-35-31(27-33)14-9-19-37(35)38-20-10-22-42-43(38)39-18-6-7-21-41(39)53-42/h1-28H. The molecule has 252 valence electrons. The Kier molecular flexibility index (Phi) is 6.75. The van der Waals surface area contributed by atoms with Crippen LogP contribution in [0.25, 0.3) is 111 Å². The van der Waals surface area contributed by atoms with Crippen LogP contribution in [0, 0.1) is 0 Å². The molecule has 6 nitrogen and oxygen atoms in total. The minimum Gasteiger partial charge on any atom is -0.456 e. The van der Waals surface area contributed by atoms with Crippen molar-refractivity contribution in [1.82, 2.24) is 19.9 Å². The van der Waals surface area contributed by atoms with Gasteiger partial charge in [-0.05, 0) is 63.7 Å². The van der Waals surface area contributed by atoms with E-state index >= 15 is 0 Å². The molecule has 3 heterocycles. The molecule has 54 heavy (non-hydrogen) atoms. The number of rotatable bonds is 5. The Hall–Kier alpha value is -7.44. The highest BCUT2D eigenvalue weighted by atomic mass is 16.3. The average molecular weight is 693 g/mol. The lowest BCUT2D eigenvalue weighted by Gasteiger charge is -2.11. The van der Waals surface area contributed by atoms with Crippen molar-refractivity contribution in [2.75, 3.05) is 0 Å². The topological polar surface area (TPSA) is 77.8 Å². The van der Waals surface area contributed by atoms with Gasteiger partial charge in [0.2, 0.25) is 5.89 Å². The lowest BCUT2D eigenvalue weighted by Crippen LogP contribution is -2.00. The summed E-state index contributed by atoms with van der Waals surface area (Å²) in [6.07, 6.45) is 0. The first-order valence-electron chi connectivity index (χ1n) is 17.9. The fourth-order valence-corrected chi connectivity index (χ4v) is 7.58. The predicted octanol–water partition coefficient (Wildman–Crippen LogP) is 12.6. The van der Waals surface area contributed by atoms with Gasteiger partial charge in [-0.3, -0.25) is 0 Å². The minimum atomic E-state index is 0.546. The molecule has 0 saturated carbocycles. The highest BCUT2D eigenvalue weighted by Crippen LogP contribution is 2.40. The highest BCUT2D eigenvalue weighted by molar-refractivity contribution is 6.15. The maximum Gasteiger partial charge on any atom is 0.227 e. The Morgan fingerprint density at radius 2 is 1.00 bits per heavy atom. The SMILES string of the molecule is c1ccc(-c2nc(-c3cccc(-c4nc5ccc6ccccc6c5o4)c3)nc(-c3ccc4c(-c5cccc6oc7ccccc7c56)cccc4c3)n2)cc1. The van der Waals surface area contributed by atoms with Gasteiger partial charge in [-0.1, -0.05) is 133 Å².